The fourth-order valence-corrected chi connectivity index (χ4v) is 2.67. The minimum atomic E-state index is 0.455. The molecule has 0 amide bonds. The average molecular weight is 245 g/mol. The number of rotatable bonds is 4. The summed E-state index contributed by atoms with van der Waals surface area (Å²) in [7, 11) is 1.95. The van der Waals surface area contributed by atoms with Crippen LogP contribution in [0.3, 0.4) is 0 Å². The molecule has 96 valence electrons. The molecule has 1 aliphatic rings. The third-order valence-corrected chi connectivity index (χ3v) is 3.59. The van der Waals surface area contributed by atoms with Gasteiger partial charge in [0.2, 0.25) is 0 Å². The lowest BCUT2D eigenvalue weighted by Crippen LogP contribution is -2.26. The maximum atomic E-state index is 5.50. The molecule has 0 saturated heterocycles. The van der Waals surface area contributed by atoms with E-state index in [0.717, 1.165) is 30.8 Å². The number of fused-ring (bicyclic) bond motifs is 1. The molecule has 2 heterocycles. The summed E-state index contributed by atoms with van der Waals surface area (Å²) in [6, 6.07) is 4.63. The summed E-state index contributed by atoms with van der Waals surface area (Å²) >= 11 is 0. The van der Waals surface area contributed by atoms with Crippen molar-refractivity contribution in [3.8, 4) is 0 Å². The molecule has 0 spiro atoms. The smallest absolute Gasteiger partial charge is 0.108 e. The van der Waals surface area contributed by atoms with Crippen molar-refractivity contribution in [2.24, 2.45) is 7.05 Å². The zero-order valence-corrected chi connectivity index (χ0v) is 10.7. The summed E-state index contributed by atoms with van der Waals surface area (Å²) in [5.41, 5.74) is 2.50. The molecule has 0 bridgehead atoms. The van der Waals surface area contributed by atoms with E-state index in [1.165, 1.54) is 18.4 Å². The molecule has 2 aromatic heterocycles. The highest BCUT2D eigenvalue weighted by atomic mass is 16.3. The van der Waals surface area contributed by atoms with E-state index >= 15 is 0 Å². The number of nitrogens with one attached hydrogen (secondary N) is 1. The van der Waals surface area contributed by atoms with Gasteiger partial charge in [0.1, 0.15) is 5.76 Å². The van der Waals surface area contributed by atoms with Crippen LogP contribution < -0.4 is 5.32 Å². The highest BCUT2D eigenvalue weighted by Crippen LogP contribution is 2.30. The third-order valence-electron chi connectivity index (χ3n) is 3.59. The Morgan fingerprint density at radius 3 is 3.28 bits per heavy atom. The summed E-state index contributed by atoms with van der Waals surface area (Å²) in [4.78, 5) is 0. The third kappa shape index (κ3) is 2.34. The SMILES string of the molecule is Cn1ccc(CCNC2CCCc3occc32)n1. The van der Waals surface area contributed by atoms with Crippen LogP contribution in [-0.2, 0) is 19.9 Å². The molecule has 0 saturated carbocycles. The van der Waals surface area contributed by atoms with Crippen molar-refractivity contribution in [1.29, 1.82) is 0 Å². The molecule has 1 unspecified atom stereocenters. The van der Waals surface area contributed by atoms with E-state index in [1.54, 1.807) is 0 Å². The van der Waals surface area contributed by atoms with Gasteiger partial charge in [0.05, 0.1) is 12.0 Å². The Labute approximate surface area is 107 Å². The van der Waals surface area contributed by atoms with Crippen LogP contribution in [0.15, 0.2) is 29.0 Å². The summed E-state index contributed by atoms with van der Waals surface area (Å²) in [6.45, 7) is 0.965. The van der Waals surface area contributed by atoms with Gasteiger partial charge in [0.15, 0.2) is 0 Å². The van der Waals surface area contributed by atoms with Gasteiger partial charge in [-0.2, -0.15) is 5.10 Å². The molecule has 0 fully saturated rings. The van der Waals surface area contributed by atoms with Crippen molar-refractivity contribution < 1.29 is 4.42 Å². The summed E-state index contributed by atoms with van der Waals surface area (Å²) in [6.07, 6.45) is 8.27. The average Bonchev–Trinajstić information content (AvgIpc) is 2.98. The lowest BCUT2D eigenvalue weighted by molar-refractivity contribution is 0.413. The van der Waals surface area contributed by atoms with Crippen molar-refractivity contribution >= 4 is 0 Å². The van der Waals surface area contributed by atoms with E-state index in [1.807, 2.05) is 24.2 Å². The van der Waals surface area contributed by atoms with Crippen LogP contribution in [0.4, 0.5) is 0 Å². The second kappa shape index (κ2) is 4.98. The fourth-order valence-electron chi connectivity index (χ4n) is 2.67. The number of hydrogen-bond acceptors (Lipinski definition) is 3. The number of nitrogens with zero attached hydrogens (tertiary/aromatic N) is 2. The molecule has 3 rings (SSSR count). The van der Waals surface area contributed by atoms with Crippen LogP contribution in [0.2, 0.25) is 0 Å². The fraction of sp³-hybridized carbons (Fsp3) is 0.500. The van der Waals surface area contributed by atoms with Gasteiger partial charge in [0, 0.05) is 44.2 Å². The Bertz CT molecular complexity index is 515. The molecular weight excluding hydrogens is 226 g/mol. The molecule has 18 heavy (non-hydrogen) atoms. The van der Waals surface area contributed by atoms with Crippen LogP contribution in [0.5, 0.6) is 0 Å². The van der Waals surface area contributed by atoms with Gasteiger partial charge < -0.3 is 9.73 Å². The number of aryl methyl sites for hydroxylation is 2. The van der Waals surface area contributed by atoms with Crippen LogP contribution in [-0.4, -0.2) is 16.3 Å². The van der Waals surface area contributed by atoms with Crippen LogP contribution in [0.25, 0.3) is 0 Å². The van der Waals surface area contributed by atoms with E-state index in [2.05, 4.69) is 22.5 Å². The summed E-state index contributed by atoms with van der Waals surface area (Å²) in [5.74, 6) is 1.16. The minimum absolute atomic E-state index is 0.455. The van der Waals surface area contributed by atoms with Gasteiger partial charge in [-0.1, -0.05) is 0 Å². The van der Waals surface area contributed by atoms with E-state index < -0.39 is 0 Å². The first kappa shape index (κ1) is 11.5. The van der Waals surface area contributed by atoms with Gasteiger partial charge in [-0.3, -0.25) is 4.68 Å². The van der Waals surface area contributed by atoms with Crippen molar-refractivity contribution in [3.63, 3.8) is 0 Å². The standard InChI is InChI=1S/C14H19N3O/c1-17-9-6-11(16-17)5-8-15-13-3-2-4-14-12(13)7-10-18-14/h6-7,9-10,13,15H,2-5,8H2,1H3. The van der Waals surface area contributed by atoms with E-state index in [9.17, 15) is 0 Å². The molecule has 1 aliphatic carbocycles. The Morgan fingerprint density at radius 1 is 1.50 bits per heavy atom. The molecule has 0 radical (unpaired) electrons. The largest absolute Gasteiger partial charge is 0.469 e. The zero-order chi connectivity index (χ0) is 12.4. The van der Waals surface area contributed by atoms with E-state index in [-0.39, 0.29) is 0 Å². The zero-order valence-electron chi connectivity index (χ0n) is 10.7. The van der Waals surface area contributed by atoms with Gasteiger partial charge in [-0.05, 0) is 25.0 Å². The second-order valence-electron chi connectivity index (χ2n) is 4.93. The first-order valence-corrected chi connectivity index (χ1v) is 6.61. The van der Waals surface area contributed by atoms with Gasteiger partial charge in [-0.15, -0.1) is 0 Å². The summed E-state index contributed by atoms with van der Waals surface area (Å²) < 4.78 is 7.35. The monoisotopic (exact) mass is 245 g/mol. The number of aromatic nitrogens is 2. The highest BCUT2D eigenvalue weighted by molar-refractivity contribution is 5.24. The number of furan rings is 1. The van der Waals surface area contributed by atoms with Gasteiger partial charge in [-0.25, -0.2) is 0 Å². The molecular formula is C14H19N3O. The quantitative estimate of drug-likeness (QED) is 0.898. The predicted molar refractivity (Wildman–Crippen MR) is 69.3 cm³/mol. The minimum Gasteiger partial charge on any atom is -0.469 e. The Hall–Kier alpha value is -1.55. The second-order valence-corrected chi connectivity index (χ2v) is 4.93. The van der Waals surface area contributed by atoms with E-state index in [0.29, 0.717) is 6.04 Å². The summed E-state index contributed by atoms with van der Waals surface area (Å²) in [5, 5.41) is 8.00. The van der Waals surface area contributed by atoms with Crippen molar-refractivity contribution in [2.45, 2.75) is 31.7 Å². The molecule has 4 heteroatoms. The van der Waals surface area contributed by atoms with Crippen LogP contribution in [0.1, 0.15) is 35.9 Å². The molecule has 2 aromatic rings. The maximum absolute atomic E-state index is 5.50. The van der Waals surface area contributed by atoms with Crippen LogP contribution in [0, 0.1) is 0 Å². The van der Waals surface area contributed by atoms with Gasteiger partial charge >= 0.3 is 0 Å². The van der Waals surface area contributed by atoms with Crippen LogP contribution >= 0.6 is 0 Å². The lowest BCUT2D eigenvalue weighted by atomic mass is 9.93. The number of hydrogen-bond donors (Lipinski definition) is 1. The predicted octanol–water partition coefficient (Wildman–Crippen LogP) is 2.22. The topological polar surface area (TPSA) is 43.0 Å². The first-order chi connectivity index (χ1) is 8.83. The van der Waals surface area contributed by atoms with E-state index in [4.69, 9.17) is 4.42 Å². The lowest BCUT2D eigenvalue weighted by Gasteiger charge is -2.22. The molecule has 1 atom stereocenters. The van der Waals surface area contributed by atoms with Crippen molar-refractivity contribution in [1.82, 2.24) is 15.1 Å². The maximum Gasteiger partial charge on any atom is 0.108 e. The highest BCUT2D eigenvalue weighted by Gasteiger charge is 2.21. The van der Waals surface area contributed by atoms with Gasteiger partial charge in [0.25, 0.3) is 0 Å². The Morgan fingerprint density at radius 2 is 2.44 bits per heavy atom. The molecule has 1 N–H and O–H groups in total. The Kier molecular flexibility index (Phi) is 3.19. The molecule has 0 aromatic carbocycles. The van der Waals surface area contributed by atoms with Crippen molar-refractivity contribution in [2.75, 3.05) is 6.54 Å². The molecule has 0 aliphatic heterocycles. The first-order valence-electron chi connectivity index (χ1n) is 6.61. The normalized spacial score (nSPS) is 18.8. The molecule has 4 nitrogen and oxygen atoms in total. The van der Waals surface area contributed by atoms with Crippen molar-refractivity contribution in [3.05, 3.63) is 41.6 Å². The Balaban J connectivity index is 1.55.